The van der Waals surface area contributed by atoms with Gasteiger partial charge in [0.25, 0.3) is 0 Å². The van der Waals surface area contributed by atoms with Crippen molar-refractivity contribution in [3.8, 4) is 0 Å². The Morgan fingerprint density at radius 2 is 1.36 bits per heavy atom. The zero-order valence-electron chi connectivity index (χ0n) is 17.0. The van der Waals surface area contributed by atoms with E-state index in [0.717, 1.165) is 35.7 Å². The molecule has 0 saturated carbocycles. The molecule has 1 heterocycles. The number of hydrogen-bond acceptors (Lipinski definition) is 2. The van der Waals surface area contributed by atoms with Crippen LogP contribution in [0.5, 0.6) is 0 Å². The van der Waals surface area contributed by atoms with Gasteiger partial charge in [0.05, 0.1) is 5.60 Å². The molecule has 5 atom stereocenters. The maximum atomic E-state index is 12.0. The molecule has 0 bridgehead atoms. The van der Waals surface area contributed by atoms with Gasteiger partial charge in [-0.25, -0.2) is 0 Å². The van der Waals surface area contributed by atoms with E-state index in [1.807, 2.05) is 24.3 Å². The zero-order valence-corrected chi connectivity index (χ0v) is 18.5. The molecule has 0 aromatic heterocycles. The number of hydrogen-bond donors (Lipinski definition) is 2. The van der Waals surface area contributed by atoms with Gasteiger partial charge in [0.15, 0.2) is 0 Å². The Morgan fingerprint density at radius 3 is 1.82 bits per heavy atom. The highest BCUT2D eigenvalue weighted by Gasteiger charge is 2.51. The van der Waals surface area contributed by atoms with Gasteiger partial charge in [-0.1, -0.05) is 81.1 Å². The van der Waals surface area contributed by atoms with Crippen molar-refractivity contribution in [3.63, 3.8) is 0 Å². The molecule has 2 aromatic rings. The molecule has 1 aliphatic rings. The molecule has 0 unspecified atom stereocenters. The van der Waals surface area contributed by atoms with E-state index in [1.54, 1.807) is 0 Å². The van der Waals surface area contributed by atoms with E-state index in [4.69, 9.17) is 23.2 Å². The lowest BCUT2D eigenvalue weighted by Gasteiger charge is -2.53. The third-order valence-electron chi connectivity index (χ3n) is 6.40. The van der Waals surface area contributed by atoms with Crippen molar-refractivity contribution in [2.45, 2.75) is 64.1 Å². The second kappa shape index (κ2) is 9.17. The van der Waals surface area contributed by atoms with Crippen LogP contribution < -0.4 is 5.32 Å². The minimum absolute atomic E-state index is 0.0580. The highest BCUT2D eigenvalue weighted by Crippen LogP contribution is 2.50. The Labute approximate surface area is 179 Å². The smallest absolute Gasteiger partial charge is 0.0737 e. The molecule has 2 nitrogen and oxygen atoms in total. The van der Waals surface area contributed by atoms with E-state index < -0.39 is 5.60 Å². The van der Waals surface area contributed by atoms with Gasteiger partial charge in [0.1, 0.15) is 0 Å². The minimum atomic E-state index is -0.732. The number of nitrogens with one attached hydrogen (secondary N) is 1. The molecule has 4 heteroatoms. The topological polar surface area (TPSA) is 32.3 Å². The normalized spacial score (nSPS) is 30.4. The second-order valence-electron chi connectivity index (χ2n) is 8.15. The molecular weight excluding hydrogens is 389 g/mol. The van der Waals surface area contributed by atoms with Crippen LogP contribution in [-0.4, -0.2) is 10.7 Å². The first-order valence-corrected chi connectivity index (χ1v) is 11.2. The minimum Gasteiger partial charge on any atom is -0.389 e. The van der Waals surface area contributed by atoms with Crippen molar-refractivity contribution >= 4 is 23.2 Å². The Kier molecular flexibility index (Phi) is 7.09. The summed E-state index contributed by atoms with van der Waals surface area (Å²) in [5.74, 6) is 0.242. The van der Waals surface area contributed by atoms with Gasteiger partial charge >= 0.3 is 0 Å². The summed E-state index contributed by atoms with van der Waals surface area (Å²) in [6.45, 7) is 6.54. The number of rotatable bonds is 6. The Morgan fingerprint density at radius 1 is 0.857 bits per heavy atom. The summed E-state index contributed by atoms with van der Waals surface area (Å²) in [6.07, 6.45) is 3.78. The average Bonchev–Trinajstić information content (AvgIpc) is 2.68. The van der Waals surface area contributed by atoms with Crippen molar-refractivity contribution in [2.75, 3.05) is 0 Å². The highest BCUT2D eigenvalue weighted by atomic mass is 35.5. The first kappa shape index (κ1) is 21.6. The van der Waals surface area contributed by atoms with Gasteiger partial charge < -0.3 is 10.4 Å². The summed E-state index contributed by atoms with van der Waals surface area (Å²) in [6, 6.07) is 16.2. The number of aliphatic hydroxyl groups is 1. The maximum absolute atomic E-state index is 12.0. The molecule has 0 amide bonds. The number of piperidine rings is 1. The number of benzene rings is 2. The molecule has 1 fully saturated rings. The van der Waals surface area contributed by atoms with Crippen LogP contribution in [0.25, 0.3) is 0 Å². The van der Waals surface area contributed by atoms with E-state index in [2.05, 4.69) is 50.4 Å². The van der Waals surface area contributed by atoms with Crippen LogP contribution in [0.4, 0.5) is 0 Å². The van der Waals surface area contributed by atoms with Gasteiger partial charge in [-0.2, -0.15) is 0 Å². The van der Waals surface area contributed by atoms with Gasteiger partial charge in [0.2, 0.25) is 0 Å². The fourth-order valence-corrected chi connectivity index (χ4v) is 5.22. The van der Waals surface area contributed by atoms with Gasteiger partial charge in [-0.05, 0) is 48.2 Å². The maximum Gasteiger partial charge on any atom is 0.0737 e. The molecule has 1 saturated heterocycles. The molecule has 0 radical (unpaired) electrons. The van der Waals surface area contributed by atoms with Gasteiger partial charge in [-0.15, -0.1) is 0 Å². The van der Waals surface area contributed by atoms with Crippen LogP contribution in [0, 0.1) is 11.8 Å². The SMILES string of the molecule is CCC[C@@H]1[C@H](c2ccc(Cl)cc2)N[C@H](c2ccc(Cl)cc2)[C@@H](C)[C@]1(O)CCC. The molecular formula is C24H31Cl2NO. The summed E-state index contributed by atoms with van der Waals surface area (Å²) >= 11 is 12.2. The lowest BCUT2D eigenvalue weighted by molar-refractivity contribution is -0.125. The predicted octanol–water partition coefficient (Wildman–Crippen LogP) is 6.96. The van der Waals surface area contributed by atoms with Crippen molar-refractivity contribution in [2.24, 2.45) is 11.8 Å². The van der Waals surface area contributed by atoms with Crippen LogP contribution >= 0.6 is 23.2 Å². The van der Waals surface area contributed by atoms with Crippen LogP contribution in [-0.2, 0) is 0 Å². The fourth-order valence-electron chi connectivity index (χ4n) is 4.96. The Hall–Kier alpha value is -1.06. The third-order valence-corrected chi connectivity index (χ3v) is 6.90. The lowest BCUT2D eigenvalue weighted by Crippen LogP contribution is -2.58. The predicted molar refractivity (Wildman–Crippen MR) is 119 cm³/mol. The van der Waals surface area contributed by atoms with Gasteiger partial charge in [0, 0.05) is 34.0 Å². The average molecular weight is 420 g/mol. The zero-order chi connectivity index (χ0) is 20.3. The molecule has 1 aliphatic heterocycles. The van der Waals surface area contributed by atoms with Crippen molar-refractivity contribution in [1.29, 1.82) is 0 Å². The van der Waals surface area contributed by atoms with Crippen LogP contribution in [0.3, 0.4) is 0 Å². The lowest BCUT2D eigenvalue weighted by atomic mass is 9.62. The number of halogens is 2. The van der Waals surface area contributed by atoms with E-state index >= 15 is 0 Å². The second-order valence-corrected chi connectivity index (χ2v) is 9.02. The molecule has 28 heavy (non-hydrogen) atoms. The molecule has 0 aliphatic carbocycles. The van der Waals surface area contributed by atoms with Crippen molar-refractivity contribution < 1.29 is 5.11 Å². The fraction of sp³-hybridized carbons (Fsp3) is 0.500. The Bertz CT molecular complexity index is 761. The summed E-state index contributed by atoms with van der Waals surface area (Å²) in [5.41, 5.74) is 1.62. The standard InChI is InChI=1S/C24H31Cl2NO/c1-4-6-21-23(18-9-13-20(26)14-10-18)27-22(16(3)24(21,28)15-5-2)17-7-11-19(25)12-8-17/h7-14,16,21-23,27-28H,4-6,15H2,1-3H3/t16-,21-,22+,23+,24-/m1/s1. The van der Waals surface area contributed by atoms with Crippen LogP contribution in [0.2, 0.25) is 10.0 Å². The van der Waals surface area contributed by atoms with E-state index in [0.29, 0.717) is 0 Å². The monoisotopic (exact) mass is 419 g/mol. The van der Waals surface area contributed by atoms with Crippen LogP contribution in [0.15, 0.2) is 48.5 Å². The Balaban J connectivity index is 2.06. The highest BCUT2D eigenvalue weighted by molar-refractivity contribution is 6.30. The molecule has 152 valence electrons. The molecule has 2 N–H and O–H groups in total. The third kappa shape index (κ3) is 4.26. The molecule has 3 rings (SSSR count). The summed E-state index contributed by atoms with van der Waals surface area (Å²) in [7, 11) is 0. The summed E-state index contributed by atoms with van der Waals surface area (Å²) < 4.78 is 0. The van der Waals surface area contributed by atoms with Crippen molar-refractivity contribution in [3.05, 3.63) is 69.7 Å². The van der Waals surface area contributed by atoms with E-state index in [1.165, 1.54) is 11.1 Å². The van der Waals surface area contributed by atoms with E-state index in [9.17, 15) is 5.11 Å². The largest absolute Gasteiger partial charge is 0.389 e. The summed E-state index contributed by atoms with van der Waals surface area (Å²) in [4.78, 5) is 0. The van der Waals surface area contributed by atoms with Crippen molar-refractivity contribution in [1.82, 2.24) is 5.32 Å². The van der Waals surface area contributed by atoms with E-state index in [-0.39, 0.29) is 23.9 Å². The van der Waals surface area contributed by atoms with Crippen LogP contribution in [0.1, 0.15) is 69.7 Å². The molecule has 2 aromatic carbocycles. The summed E-state index contributed by atoms with van der Waals surface area (Å²) in [5, 5.41) is 17.4. The first-order valence-electron chi connectivity index (χ1n) is 10.4. The molecule has 0 spiro atoms. The first-order chi connectivity index (χ1) is 13.4. The quantitative estimate of drug-likeness (QED) is 0.529. The van der Waals surface area contributed by atoms with Gasteiger partial charge in [-0.3, -0.25) is 0 Å².